The molecule has 1 saturated heterocycles. The average molecular weight is 169 g/mol. The Morgan fingerprint density at radius 1 is 1.45 bits per heavy atom. The number of nitrogens with one attached hydrogen (secondary N) is 1. The zero-order valence-electron chi connectivity index (χ0n) is 6.11. The number of hydrogen-bond donors (Lipinski definition) is 1. The van der Waals surface area contributed by atoms with Gasteiger partial charge in [-0.3, -0.25) is 0 Å². The fourth-order valence-electron chi connectivity index (χ4n) is 0.724. The topological polar surface area (TPSA) is 21.3 Å². The summed E-state index contributed by atoms with van der Waals surface area (Å²) in [6, 6.07) is 0. The van der Waals surface area contributed by atoms with Crippen molar-refractivity contribution in [1.82, 2.24) is 5.32 Å². The maximum atomic E-state index is 11.8. The molecule has 1 N–H and O–H groups in total. The smallest absolute Gasteiger partial charge is 0.363 e. The number of alkyl halides is 3. The van der Waals surface area contributed by atoms with Gasteiger partial charge in [-0.15, -0.1) is 0 Å². The van der Waals surface area contributed by atoms with Gasteiger partial charge in [0.05, 0.1) is 6.10 Å². The first-order valence-corrected chi connectivity index (χ1v) is 3.43. The van der Waals surface area contributed by atoms with E-state index in [1.165, 1.54) is 0 Å². The molecule has 1 aliphatic heterocycles. The van der Waals surface area contributed by atoms with Crippen LogP contribution in [0.1, 0.15) is 6.92 Å². The second-order valence-electron chi connectivity index (χ2n) is 2.60. The highest BCUT2D eigenvalue weighted by molar-refractivity contribution is 4.77. The second-order valence-corrected chi connectivity index (χ2v) is 2.60. The maximum absolute atomic E-state index is 11.8. The van der Waals surface area contributed by atoms with E-state index in [-0.39, 0.29) is 6.10 Å². The van der Waals surface area contributed by atoms with Crippen LogP contribution in [-0.4, -0.2) is 31.5 Å². The molecule has 0 bridgehead atoms. The van der Waals surface area contributed by atoms with Crippen molar-refractivity contribution in [3.63, 3.8) is 0 Å². The summed E-state index contributed by atoms with van der Waals surface area (Å²) in [6.45, 7) is 2.08. The SMILES string of the molecule is CC(OC1CNC1)C(F)(F)F. The lowest BCUT2D eigenvalue weighted by Crippen LogP contribution is -2.51. The van der Waals surface area contributed by atoms with E-state index in [9.17, 15) is 13.2 Å². The predicted molar refractivity (Wildman–Crippen MR) is 33.3 cm³/mol. The van der Waals surface area contributed by atoms with Crippen LogP contribution in [0.25, 0.3) is 0 Å². The Morgan fingerprint density at radius 3 is 2.27 bits per heavy atom. The number of halogens is 3. The summed E-state index contributed by atoms with van der Waals surface area (Å²) in [7, 11) is 0. The molecule has 0 aromatic carbocycles. The van der Waals surface area contributed by atoms with Gasteiger partial charge in [0, 0.05) is 13.1 Å². The molecule has 1 fully saturated rings. The summed E-state index contributed by atoms with van der Waals surface area (Å²) >= 11 is 0. The van der Waals surface area contributed by atoms with Crippen molar-refractivity contribution in [2.75, 3.05) is 13.1 Å². The van der Waals surface area contributed by atoms with Gasteiger partial charge in [-0.1, -0.05) is 0 Å². The quantitative estimate of drug-likeness (QED) is 0.663. The van der Waals surface area contributed by atoms with E-state index in [1.54, 1.807) is 0 Å². The minimum absolute atomic E-state index is 0.258. The first kappa shape index (κ1) is 8.80. The molecule has 1 aliphatic rings. The number of hydrogen-bond acceptors (Lipinski definition) is 2. The first-order valence-electron chi connectivity index (χ1n) is 3.43. The van der Waals surface area contributed by atoms with Crippen LogP contribution in [-0.2, 0) is 4.74 Å². The van der Waals surface area contributed by atoms with Gasteiger partial charge < -0.3 is 10.1 Å². The van der Waals surface area contributed by atoms with Gasteiger partial charge in [-0.05, 0) is 6.92 Å². The van der Waals surface area contributed by atoms with Crippen molar-refractivity contribution in [3.8, 4) is 0 Å². The van der Waals surface area contributed by atoms with Crippen LogP contribution in [0.3, 0.4) is 0 Å². The molecule has 0 aromatic rings. The minimum Gasteiger partial charge on any atom is -0.363 e. The van der Waals surface area contributed by atoms with Gasteiger partial charge in [0.1, 0.15) is 0 Å². The zero-order valence-corrected chi connectivity index (χ0v) is 6.11. The maximum Gasteiger partial charge on any atom is 0.414 e. The standard InChI is InChI=1S/C6H10F3NO/c1-4(6(7,8)9)11-5-2-10-3-5/h4-5,10H,2-3H2,1H3. The molecule has 0 aromatic heterocycles. The molecule has 0 saturated carbocycles. The summed E-state index contributed by atoms with van der Waals surface area (Å²) in [5, 5.41) is 2.83. The Kier molecular flexibility index (Phi) is 2.39. The van der Waals surface area contributed by atoms with E-state index in [0.29, 0.717) is 13.1 Å². The molecule has 0 spiro atoms. The van der Waals surface area contributed by atoms with Gasteiger partial charge in [0.25, 0.3) is 0 Å². The van der Waals surface area contributed by atoms with Gasteiger partial charge in [0.2, 0.25) is 0 Å². The summed E-state index contributed by atoms with van der Waals surface area (Å²) < 4.78 is 40.1. The van der Waals surface area contributed by atoms with Crippen molar-refractivity contribution < 1.29 is 17.9 Å². The molecule has 1 atom stereocenters. The van der Waals surface area contributed by atoms with Crippen LogP contribution in [0.2, 0.25) is 0 Å². The summed E-state index contributed by atoms with van der Waals surface area (Å²) in [5.74, 6) is 0. The van der Waals surface area contributed by atoms with E-state index in [4.69, 9.17) is 0 Å². The third kappa shape index (κ3) is 2.34. The normalized spacial score (nSPS) is 22.9. The molecule has 5 heteroatoms. The Hall–Kier alpha value is -0.290. The lowest BCUT2D eigenvalue weighted by Gasteiger charge is -2.30. The molecule has 11 heavy (non-hydrogen) atoms. The van der Waals surface area contributed by atoms with Crippen LogP contribution >= 0.6 is 0 Å². The number of ether oxygens (including phenoxy) is 1. The van der Waals surface area contributed by atoms with Gasteiger partial charge in [-0.25, -0.2) is 0 Å². The largest absolute Gasteiger partial charge is 0.414 e. The van der Waals surface area contributed by atoms with Crippen molar-refractivity contribution >= 4 is 0 Å². The van der Waals surface area contributed by atoms with Crippen LogP contribution in [0, 0.1) is 0 Å². The van der Waals surface area contributed by atoms with Gasteiger partial charge in [-0.2, -0.15) is 13.2 Å². The zero-order chi connectivity index (χ0) is 8.48. The number of rotatable bonds is 2. The van der Waals surface area contributed by atoms with E-state index >= 15 is 0 Å². The van der Waals surface area contributed by atoms with E-state index in [1.807, 2.05) is 0 Å². The fraction of sp³-hybridized carbons (Fsp3) is 1.00. The molecule has 0 radical (unpaired) electrons. The van der Waals surface area contributed by atoms with Crippen LogP contribution in [0.15, 0.2) is 0 Å². The highest BCUT2D eigenvalue weighted by Gasteiger charge is 2.39. The Labute approximate surface area is 62.7 Å². The van der Waals surface area contributed by atoms with Crippen molar-refractivity contribution in [3.05, 3.63) is 0 Å². The monoisotopic (exact) mass is 169 g/mol. The molecular formula is C6H10F3NO. The molecule has 0 amide bonds. The molecule has 66 valence electrons. The Balaban J connectivity index is 2.24. The summed E-state index contributed by atoms with van der Waals surface area (Å²) in [4.78, 5) is 0. The third-order valence-electron chi connectivity index (χ3n) is 1.60. The molecule has 1 heterocycles. The molecule has 1 rings (SSSR count). The van der Waals surface area contributed by atoms with E-state index < -0.39 is 12.3 Å². The minimum atomic E-state index is -4.23. The van der Waals surface area contributed by atoms with E-state index in [2.05, 4.69) is 10.1 Å². The molecule has 2 nitrogen and oxygen atoms in total. The van der Waals surface area contributed by atoms with Crippen LogP contribution in [0.5, 0.6) is 0 Å². The Bertz CT molecular complexity index is 132. The lowest BCUT2D eigenvalue weighted by atomic mass is 10.2. The average Bonchev–Trinajstić information content (AvgIpc) is 1.75. The lowest BCUT2D eigenvalue weighted by molar-refractivity contribution is -0.230. The third-order valence-corrected chi connectivity index (χ3v) is 1.60. The van der Waals surface area contributed by atoms with Gasteiger partial charge in [0.15, 0.2) is 6.10 Å². The highest BCUT2D eigenvalue weighted by Crippen LogP contribution is 2.23. The Morgan fingerprint density at radius 2 is 2.00 bits per heavy atom. The van der Waals surface area contributed by atoms with Crippen LogP contribution < -0.4 is 5.32 Å². The van der Waals surface area contributed by atoms with Crippen LogP contribution in [0.4, 0.5) is 13.2 Å². The molecule has 1 unspecified atom stereocenters. The fourth-order valence-corrected chi connectivity index (χ4v) is 0.724. The predicted octanol–water partition coefficient (Wildman–Crippen LogP) is 0.926. The van der Waals surface area contributed by atoms with Gasteiger partial charge >= 0.3 is 6.18 Å². The van der Waals surface area contributed by atoms with Crippen molar-refractivity contribution in [2.24, 2.45) is 0 Å². The van der Waals surface area contributed by atoms with Crippen molar-refractivity contribution in [1.29, 1.82) is 0 Å². The second kappa shape index (κ2) is 2.98. The van der Waals surface area contributed by atoms with Crippen molar-refractivity contribution in [2.45, 2.75) is 25.3 Å². The summed E-state index contributed by atoms with van der Waals surface area (Å²) in [6.07, 6.45) is -6.13. The summed E-state index contributed by atoms with van der Waals surface area (Å²) in [5.41, 5.74) is 0. The first-order chi connectivity index (χ1) is 5.00. The molecular weight excluding hydrogens is 159 g/mol. The highest BCUT2D eigenvalue weighted by atomic mass is 19.4. The molecule has 0 aliphatic carbocycles. The van der Waals surface area contributed by atoms with E-state index in [0.717, 1.165) is 6.92 Å².